The quantitative estimate of drug-likeness (QED) is 0.577. The largest absolute Gasteiger partial charge is 0.379 e. The van der Waals surface area contributed by atoms with Gasteiger partial charge in [0.05, 0.1) is 31.0 Å². The van der Waals surface area contributed by atoms with E-state index < -0.39 is 0 Å². The number of aliphatic imine (C=N–C) groups is 1. The van der Waals surface area contributed by atoms with Crippen LogP contribution in [0.2, 0.25) is 0 Å². The number of carbonyl (C=O) groups is 1. The van der Waals surface area contributed by atoms with Crippen LogP contribution in [0.15, 0.2) is 16.3 Å². The molecule has 0 aromatic rings. The van der Waals surface area contributed by atoms with Crippen molar-refractivity contribution >= 4 is 11.7 Å². The molecule has 0 saturated carbocycles. The third kappa shape index (κ3) is 3.12. The van der Waals surface area contributed by atoms with Crippen LogP contribution >= 0.6 is 0 Å². The minimum Gasteiger partial charge on any atom is -0.379 e. The lowest BCUT2D eigenvalue weighted by Crippen LogP contribution is -2.57. The SMILES string of the molecule is CC/N=C(/C)N1CCN(C(=O)C2(C)COC2)CC1=C(C)C. The first-order chi connectivity index (χ1) is 9.89. The molecule has 5 nitrogen and oxygen atoms in total. The van der Waals surface area contributed by atoms with Gasteiger partial charge in [0.25, 0.3) is 0 Å². The van der Waals surface area contributed by atoms with E-state index in [1.165, 1.54) is 11.3 Å². The van der Waals surface area contributed by atoms with Crippen LogP contribution in [-0.4, -0.2) is 60.9 Å². The molecule has 0 aromatic heterocycles. The number of hydrogen-bond donors (Lipinski definition) is 0. The van der Waals surface area contributed by atoms with E-state index in [9.17, 15) is 4.79 Å². The Kier molecular flexibility index (Phi) is 4.71. The van der Waals surface area contributed by atoms with Gasteiger partial charge in [0.15, 0.2) is 0 Å². The molecule has 0 atom stereocenters. The Morgan fingerprint density at radius 2 is 1.95 bits per heavy atom. The molecule has 1 amide bonds. The molecule has 2 fully saturated rings. The third-order valence-corrected chi connectivity index (χ3v) is 4.26. The second kappa shape index (κ2) is 6.18. The molecular formula is C16H27N3O2. The molecule has 0 N–H and O–H groups in total. The van der Waals surface area contributed by atoms with E-state index in [-0.39, 0.29) is 11.3 Å². The predicted molar refractivity (Wildman–Crippen MR) is 84.2 cm³/mol. The van der Waals surface area contributed by atoms with Gasteiger partial charge in [-0.2, -0.15) is 0 Å². The van der Waals surface area contributed by atoms with Crippen molar-refractivity contribution < 1.29 is 9.53 Å². The van der Waals surface area contributed by atoms with Gasteiger partial charge in [0, 0.05) is 25.3 Å². The van der Waals surface area contributed by atoms with Crippen LogP contribution < -0.4 is 0 Å². The first kappa shape index (κ1) is 16.0. The highest BCUT2D eigenvalue weighted by Gasteiger charge is 2.44. The molecule has 0 aliphatic carbocycles. The molecule has 0 unspecified atom stereocenters. The molecule has 21 heavy (non-hydrogen) atoms. The molecule has 0 aromatic carbocycles. The van der Waals surface area contributed by atoms with Crippen LogP contribution in [0.1, 0.15) is 34.6 Å². The summed E-state index contributed by atoms with van der Waals surface area (Å²) in [4.78, 5) is 21.4. The number of rotatable bonds is 2. The second-order valence-electron chi connectivity index (χ2n) is 6.40. The molecule has 2 rings (SSSR count). The highest BCUT2D eigenvalue weighted by molar-refractivity contribution is 5.85. The van der Waals surface area contributed by atoms with Crippen LogP contribution in [0.5, 0.6) is 0 Å². The molecule has 118 valence electrons. The number of hydrogen-bond acceptors (Lipinski definition) is 3. The number of nitrogens with zero attached hydrogens (tertiary/aromatic N) is 3. The van der Waals surface area contributed by atoms with Crippen molar-refractivity contribution in [3.05, 3.63) is 11.3 Å². The molecular weight excluding hydrogens is 266 g/mol. The van der Waals surface area contributed by atoms with Crippen LogP contribution in [0, 0.1) is 5.41 Å². The van der Waals surface area contributed by atoms with Crippen molar-refractivity contribution in [2.24, 2.45) is 10.4 Å². The van der Waals surface area contributed by atoms with Gasteiger partial charge in [0.1, 0.15) is 0 Å². The summed E-state index contributed by atoms with van der Waals surface area (Å²) in [6.07, 6.45) is 0. The highest BCUT2D eigenvalue weighted by atomic mass is 16.5. The molecule has 2 heterocycles. The average Bonchev–Trinajstić information content (AvgIpc) is 2.43. The summed E-state index contributed by atoms with van der Waals surface area (Å²) in [5, 5.41) is 0. The fraction of sp³-hybridized carbons (Fsp3) is 0.750. The lowest BCUT2D eigenvalue weighted by atomic mass is 9.86. The maximum Gasteiger partial charge on any atom is 0.233 e. The Balaban J connectivity index is 2.14. The monoisotopic (exact) mass is 293 g/mol. The number of carbonyl (C=O) groups excluding carboxylic acids is 1. The summed E-state index contributed by atoms with van der Waals surface area (Å²) in [7, 11) is 0. The lowest BCUT2D eigenvalue weighted by Gasteiger charge is -2.44. The van der Waals surface area contributed by atoms with Crippen molar-refractivity contribution in [2.75, 3.05) is 39.4 Å². The van der Waals surface area contributed by atoms with Crippen molar-refractivity contribution in [1.82, 2.24) is 9.80 Å². The highest BCUT2D eigenvalue weighted by Crippen LogP contribution is 2.31. The van der Waals surface area contributed by atoms with Gasteiger partial charge < -0.3 is 14.5 Å². The van der Waals surface area contributed by atoms with Crippen LogP contribution in [0.25, 0.3) is 0 Å². The zero-order valence-electron chi connectivity index (χ0n) is 13.9. The van der Waals surface area contributed by atoms with Gasteiger partial charge in [-0.05, 0) is 34.6 Å². The zero-order valence-corrected chi connectivity index (χ0v) is 13.9. The van der Waals surface area contributed by atoms with Crippen LogP contribution in [-0.2, 0) is 9.53 Å². The van der Waals surface area contributed by atoms with E-state index in [1.807, 2.05) is 25.7 Å². The van der Waals surface area contributed by atoms with Crippen LogP contribution in [0.4, 0.5) is 0 Å². The minimum absolute atomic E-state index is 0.220. The zero-order chi connectivity index (χ0) is 15.6. The lowest BCUT2D eigenvalue weighted by molar-refractivity contribution is -0.169. The second-order valence-corrected chi connectivity index (χ2v) is 6.40. The molecule has 0 radical (unpaired) electrons. The van der Waals surface area contributed by atoms with E-state index in [0.29, 0.717) is 19.8 Å². The summed E-state index contributed by atoms with van der Waals surface area (Å²) in [5.41, 5.74) is 2.13. The smallest absolute Gasteiger partial charge is 0.233 e. The molecule has 0 spiro atoms. The Morgan fingerprint density at radius 1 is 1.29 bits per heavy atom. The average molecular weight is 293 g/mol. The molecule has 2 aliphatic rings. The number of amidine groups is 1. The van der Waals surface area contributed by atoms with Gasteiger partial charge in [-0.1, -0.05) is 5.57 Å². The van der Waals surface area contributed by atoms with Crippen molar-refractivity contribution in [3.8, 4) is 0 Å². The van der Waals surface area contributed by atoms with Crippen LogP contribution in [0.3, 0.4) is 0 Å². The fourth-order valence-corrected chi connectivity index (χ4v) is 2.89. The maximum absolute atomic E-state index is 12.6. The molecule has 2 saturated heterocycles. The fourth-order valence-electron chi connectivity index (χ4n) is 2.89. The Hall–Kier alpha value is -1.36. The summed E-state index contributed by atoms with van der Waals surface area (Å²) < 4.78 is 5.23. The Morgan fingerprint density at radius 3 is 2.43 bits per heavy atom. The summed E-state index contributed by atoms with van der Waals surface area (Å²) in [5.74, 6) is 1.26. The number of piperazine rings is 1. The molecule has 2 aliphatic heterocycles. The van der Waals surface area contributed by atoms with Crippen molar-refractivity contribution in [1.29, 1.82) is 0 Å². The van der Waals surface area contributed by atoms with E-state index in [4.69, 9.17) is 4.74 Å². The number of allylic oxidation sites excluding steroid dienone is 1. The molecule has 0 bridgehead atoms. The first-order valence-electron chi connectivity index (χ1n) is 7.71. The van der Waals surface area contributed by atoms with Gasteiger partial charge >= 0.3 is 0 Å². The summed E-state index contributed by atoms with van der Waals surface area (Å²) in [6.45, 7) is 14.4. The van der Waals surface area contributed by atoms with Crippen molar-refractivity contribution in [3.63, 3.8) is 0 Å². The Labute approximate surface area is 127 Å². The van der Waals surface area contributed by atoms with Crippen molar-refractivity contribution in [2.45, 2.75) is 34.6 Å². The number of amides is 1. The summed E-state index contributed by atoms with van der Waals surface area (Å²) >= 11 is 0. The van der Waals surface area contributed by atoms with Gasteiger partial charge in [-0.15, -0.1) is 0 Å². The summed E-state index contributed by atoms with van der Waals surface area (Å²) in [6, 6.07) is 0. The van der Waals surface area contributed by atoms with Gasteiger partial charge in [-0.3, -0.25) is 9.79 Å². The van der Waals surface area contributed by atoms with E-state index in [1.54, 1.807) is 0 Å². The predicted octanol–water partition coefficient (Wildman–Crippen LogP) is 1.90. The van der Waals surface area contributed by atoms with Gasteiger partial charge in [-0.25, -0.2) is 0 Å². The topological polar surface area (TPSA) is 45.1 Å². The standard InChI is InChI=1S/C16H27N3O2/c1-6-17-13(4)19-8-7-18(9-14(19)12(2)3)15(20)16(5)10-21-11-16/h6-11H2,1-5H3/b17-13-. The minimum atomic E-state index is -0.318. The maximum atomic E-state index is 12.6. The third-order valence-electron chi connectivity index (χ3n) is 4.26. The number of ether oxygens (including phenoxy) is 1. The first-order valence-corrected chi connectivity index (χ1v) is 7.71. The molecule has 5 heteroatoms. The van der Waals surface area contributed by atoms with E-state index in [2.05, 4.69) is 23.7 Å². The van der Waals surface area contributed by atoms with E-state index in [0.717, 1.165) is 25.5 Å². The normalized spacial score (nSPS) is 22.1. The van der Waals surface area contributed by atoms with Gasteiger partial charge in [0.2, 0.25) is 5.91 Å². The Bertz CT molecular complexity index is 474. The van der Waals surface area contributed by atoms with E-state index >= 15 is 0 Å².